The lowest BCUT2D eigenvalue weighted by atomic mass is 9.89. The Morgan fingerprint density at radius 3 is 2.74 bits per heavy atom. The molecular weight excluding hydrogens is 430 g/mol. The first-order chi connectivity index (χ1) is 15.1. The fourth-order valence-corrected chi connectivity index (χ4v) is 5.34. The number of rotatable bonds is 6. The average Bonchev–Trinajstić information content (AvgIpc) is 3.26. The Bertz CT molecular complexity index is 1140. The highest BCUT2D eigenvalue weighted by molar-refractivity contribution is 7.80. The van der Waals surface area contributed by atoms with E-state index < -0.39 is 0 Å². The standard InChI is InChI=1S/C24H24ClN3O2S/c1-2-30-13-5-12-27-23(29)20-14-18-17-6-3-4-7-19(17)26-21(18)22(28(20)24(27)31)15-8-10-16(25)11-9-15/h3-4,6-11,20,22,26H,2,5,12-14H2,1H3. The highest BCUT2D eigenvalue weighted by Crippen LogP contribution is 2.44. The van der Waals surface area contributed by atoms with Gasteiger partial charge in [-0.3, -0.25) is 9.69 Å². The molecular formula is C24H24ClN3O2S. The Hall–Kier alpha value is -2.41. The van der Waals surface area contributed by atoms with Crippen molar-refractivity contribution in [2.75, 3.05) is 19.8 Å². The molecule has 2 atom stereocenters. The van der Waals surface area contributed by atoms with Gasteiger partial charge in [0.15, 0.2) is 5.11 Å². The zero-order valence-electron chi connectivity index (χ0n) is 17.3. The van der Waals surface area contributed by atoms with Crippen molar-refractivity contribution in [3.05, 3.63) is 70.4 Å². The third kappa shape index (κ3) is 3.43. The van der Waals surface area contributed by atoms with Crippen molar-refractivity contribution in [2.24, 2.45) is 0 Å². The number of para-hydroxylation sites is 1. The molecule has 1 fully saturated rings. The first kappa shape index (κ1) is 20.5. The van der Waals surface area contributed by atoms with Gasteiger partial charge >= 0.3 is 0 Å². The number of carbonyl (C=O) groups excluding carboxylic acids is 1. The summed E-state index contributed by atoms with van der Waals surface area (Å²) in [4.78, 5) is 20.9. The lowest BCUT2D eigenvalue weighted by Crippen LogP contribution is -2.44. The average molecular weight is 454 g/mol. The van der Waals surface area contributed by atoms with Crippen LogP contribution >= 0.6 is 23.8 Å². The van der Waals surface area contributed by atoms with E-state index in [0.29, 0.717) is 36.3 Å². The van der Waals surface area contributed by atoms with E-state index >= 15 is 0 Å². The van der Waals surface area contributed by atoms with E-state index in [1.165, 1.54) is 10.9 Å². The van der Waals surface area contributed by atoms with E-state index in [1.54, 1.807) is 4.90 Å². The lowest BCUT2D eigenvalue weighted by Gasteiger charge is -2.37. The fraction of sp³-hybridized carbons (Fsp3) is 0.333. The highest BCUT2D eigenvalue weighted by Gasteiger charge is 2.50. The number of aromatic amines is 1. The van der Waals surface area contributed by atoms with E-state index in [9.17, 15) is 4.79 Å². The van der Waals surface area contributed by atoms with Crippen LogP contribution in [-0.4, -0.2) is 51.6 Å². The molecule has 1 N–H and O–H groups in total. The third-order valence-electron chi connectivity index (χ3n) is 6.19. The summed E-state index contributed by atoms with van der Waals surface area (Å²) in [6, 6.07) is 15.6. The summed E-state index contributed by atoms with van der Waals surface area (Å²) >= 11 is 12.0. The summed E-state index contributed by atoms with van der Waals surface area (Å²) in [5.74, 6) is 0.0800. The van der Waals surface area contributed by atoms with Gasteiger partial charge in [-0.25, -0.2) is 0 Å². The molecule has 3 heterocycles. The van der Waals surface area contributed by atoms with Crippen molar-refractivity contribution in [2.45, 2.75) is 31.8 Å². The molecule has 2 unspecified atom stereocenters. The molecule has 0 bridgehead atoms. The molecule has 1 saturated heterocycles. The number of nitrogens with zero attached hydrogens (tertiary/aromatic N) is 2. The molecule has 2 aromatic carbocycles. The lowest BCUT2D eigenvalue weighted by molar-refractivity contribution is -0.128. The molecule has 3 aromatic rings. The molecule has 0 saturated carbocycles. The first-order valence-electron chi connectivity index (χ1n) is 10.7. The monoisotopic (exact) mass is 453 g/mol. The van der Waals surface area contributed by atoms with Gasteiger partial charge in [0.25, 0.3) is 5.91 Å². The molecule has 5 rings (SSSR count). The SMILES string of the molecule is CCOCCCN1C(=O)C2Cc3c([nH]c4ccccc34)C(c3ccc(Cl)cc3)N2C1=S. The van der Waals surface area contributed by atoms with Crippen LogP contribution in [0.5, 0.6) is 0 Å². The van der Waals surface area contributed by atoms with Crippen LogP contribution in [0.3, 0.4) is 0 Å². The Kier molecular flexibility index (Phi) is 5.46. The van der Waals surface area contributed by atoms with Gasteiger partial charge in [-0.2, -0.15) is 0 Å². The van der Waals surface area contributed by atoms with E-state index in [2.05, 4.69) is 22.0 Å². The number of aromatic nitrogens is 1. The number of carbonyl (C=O) groups is 1. The van der Waals surface area contributed by atoms with Crippen molar-refractivity contribution in [3.63, 3.8) is 0 Å². The van der Waals surface area contributed by atoms with Crippen molar-refractivity contribution < 1.29 is 9.53 Å². The predicted octanol–water partition coefficient (Wildman–Crippen LogP) is 4.69. The highest BCUT2D eigenvalue weighted by atomic mass is 35.5. The fourth-order valence-electron chi connectivity index (χ4n) is 4.80. The Balaban J connectivity index is 1.58. The minimum absolute atomic E-state index is 0.0800. The molecule has 0 aliphatic carbocycles. The van der Waals surface area contributed by atoms with Gasteiger partial charge in [-0.15, -0.1) is 0 Å². The second-order valence-electron chi connectivity index (χ2n) is 7.97. The largest absolute Gasteiger partial charge is 0.382 e. The third-order valence-corrected chi connectivity index (χ3v) is 6.88. The van der Waals surface area contributed by atoms with E-state index in [4.69, 9.17) is 28.6 Å². The number of benzene rings is 2. The number of H-pyrrole nitrogens is 1. The second kappa shape index (κ2) is 8.26. The predicted molar refractivity (Wildman–Crippen MR) is 126 cm³/mol. The smallest absolute Gasteiger partial charge is 0.251 e. The maximum atomic E-state index is 13.4. The van der Waals surface area contributed by atoms with Crippen LogP contribution in [0.1, 0.15) is 36.2 Å². The zero-order chi connectivity index (χ0) is 21.5. The number of amides is 1. The normalized spacial score (nSPS) is 20.5. The molecule has 31 heavy (non-hydrogen) atoms. The van der Waals surface area contributed by atoms with Crippen LogP contribution in [0.2, 0.25) is 5.02 Å². The summed E-state index contributed by atoms with van der Waals surface area (Å²) in [6.07, 6.45) is 1.41. The van der Waals surface area contributed by atoms with Crippen molar-refractivity contribution in [3.8, 4) is 0 Å². The molecule has 160 valence electrons. The molecule has 5 nitrogen and oxygen atoms in total. The molecule has 0 radical (unpaired) electrons. The molecule has 0 spiro atoms. The van der Waals surface area contributed by atoms with Gasteiger partial charge in [-0.1, -0.05) is 41.9 Å². The number of halogens is 1. The maximum absolute atomic E-state index is 13.4. The van der Waals surface area contributed by atoms with Crippen LogP contribution in [-0.2, 0) is 16.0 Å². The summed E-state index contributed by atoms with van der Waals surface area (Å²) in [6.45, 7) is 3.85. The number of hydrogen-bond acceptors (Lipinski definition) is 3. The van der Waals surface area contributed by atoms with E-state index in [0.717, 1.165) is 23.2 Å². The minimum atomic E-state index is -0.299. The van der Waals surface area contributed by atoms with Gasteiger partial charge in [0.2, 0.25) is 0 Å². The maximum Gasteiger partial charge on any atom is 0.251 e. The summed E-state index contributed by atoms with van der Waals surface area (Å²) in [7, 11) is 0. The molecule has 2 aliphatic rings. The van der Waals surface area contributed by atoms with Gasteiger partial charge in [0.1, 0.15) is 6.04 Å². The quantitative estimate of drug-likeness (QED) is 0.434. The van der Waals surface area contributed by atoms with E-state index in [1.807, 2.05) is 43.3 Å². The molecule has 7 heteroatoms. The van der Waals surface area contributed by atoms with E-state index in [-0.39, 0.29) is 18.0 Å². The van der Waals surface area contributed by atoms with Gasteiger partial charge < -0.3 is 14.6 Å². The zero-order valence-corrected chi connectivity index (χ0v) is 18.9. The summed E-state index contributed by atoms with van der Waals surface area (Å²) in [5.41, 5.74) is 4.45. The molecule has 1 amide bonds. The number of ether oxygens (including phenoxy) is 1. The molecule has 1 aromatic heterocycles. The molecule has 2 aliphatic heterocycles. The Labute approximate surface area is 191 Å². The first-order valence-corrected chi connectivity index (χ1v) is 11.4. The number of hydrogen-bond donors (Lipinski definition) is 1. The topological polar surface area (TPSA) is 48.6 Å². The van der Waals surface area contributed by atoms with Crippen molar-refractivity contribution in [1.82, 2.24) is 14.8 Å². The Morgan fingerprint density at radius 2 is 1.97 bits per heavy atom. The van der Waals surface area contributed by atoms with Crippen LogP contribution < -0.4 is 0 Å². The Morgan fingerprint density at radius 1 is 1.19 bits per heavy atom. The van der Waals surface area contributed by atoms with Gasteiger partial charge in [0, 0.05) is 47.8 Å². The van der Waals surface area contributed by atoms with Gasteiger partial charge in [-0.05, 0) is 54.9 Å². The van der Waals surface area contributed by atoms with Crippen LogP contribution in [0.15, 0.2) is 48.5 Å². The number of thiocarbonyl (C=S) groups is 1. The van der Waals surface area contributed by atoms with Crippen molar-refractivity contribution >= 4 is 45.7 Å². The van der Waals surface area contributed by atoms with Crippen molar-refractivity contribution in [1.29, 1.82) is 0 Å². The van der Waals surface area contributed by atoms with Crippen LogP contribution in [0.4, 0.5) is 0 Å². The number of nitrogens with one attached hydrogen (secondary N) is 1. The van der Waals surface area contributed by atoms with Gasteiger partial charge in [0.05, 0.1) is 6.04 Å². The second-order valence-corrected chi connectivity index (χ2v) is 8.77. The minimum Gasteiger partial charge on any atom is -0.382 e. The summed E-state index contributed by atoms with van der Waals surface area (Å²) < 4.78 is 5.46. The number of fused-ring (bicyclic) bond motifs is 4. The van der Waals surface area contributed by atoms with Crippen LogP contribution in [0, 0.1) is 0 Å². The van der Waals surface area contributed by atoms with Crippen LogP contribution in [0.25, 0.3) is 10.9 Å². The summed E-state index contributed by atoms with van der Waals surface area (Å²) in [5, 5.41) is 2.45.